The molecule has 0 aliphatic rings. The molecule has 1 heterocycles. The zero-order valence-electron chi connectivity index (χ0n) is 13.8. The average Bonchev–Trinajstić information content (AvgIpc) is 3.02. The topological polar surface area (TPSA) is 56.1 Å². The predicted molar refractivity (Wildman–Crippen MR) is 98.3 cm³/mol. The third kappa shape index (κ3) is 4.61. The Bertz CT molecular complexity index is 842. The molecule has 0 fully saturated rings. The van der Waals surface area contributed by atoms with Crippen LogP contribution in [0.4, 0.5) is 5.69 Å². The Morgan fingerprint density at radius 2 is 1.88 bits per heavy atom. The second-order valence-electron chi connectivity index (χ2n) is 5.46. The fourth-order valence-electron chi connectivity index (χ4n) is 2.38. The van der Waals surface area contributed by atoms with Crippen LogP contribution in [0.2, 0.25) is 5.02 Å². The quantitative estimate of drug-likeness (QED) is 0.719. The van der Waals surface area contributed by atoms with Gasteiger partial charge in [-0.25, -0.2) is 0 Å². The van der Waals surface area contributed by atoms with Gasteiger partial charge in [-0.3, -0.25) is 9.48 Å². The molecule has 0 bridgehead atoms. The molecule has 0 aliphatic heterocycles. The average molecular weight is 356 g/mol. The minimum Gasteiger partial charge on any atom is -0.494 e. The molecule has 0 aliphatic carbocycles. The van der Waals surface area contributed by atoms with Crippen LogP contribution in [0, 0.1) is 0 Å². The summed E-state index contributed by atoms with van der Waals surface area (Å²) in [6.07, 6.45) is 3.36. The molecule has 3 aromatic rings. The smallest absolute Gasteiger partial charge is 0.255 e. The summed E-state index contributed by atoms with van der Waals surface area (Å²) >= 11 is 5.85. The summed E-state index contributed by atoms with van der Waals surface area (Å²) < 4.78 is 7.13. The third-order valence-corrected chi connectivity index (χ3v) is 3.78. The van der Waals surface area contributed by atoms with Crippen molar-refractivity contribution in [3.63, 3.8) is 0 Å². The Morgan fingerprint density at radius 1 is 1.16 bits per heavy atom. The lowest BCUT2D eigenvalue weighted by Crippen LogP contribution is -2.12. The number of carbonyl (C=O) groups excluding carboxylic acids is 1. The van der Waals surface area contributed by atoms with Crippen molar-refractivity contribution in [2.45, 2.75) is 13.5 Å². The molecule has 3 rings (SSSR count). The molecule has 1 aromatic heterocycles. The van der Waals surface area contributed by atoms with Gasteiger partial charge in [0.2, 0.25) is 0 Å². The van der Waals surface area contributed by atoms with E-state index < -0.39 is 0 Å². The number of halogens is 1. The number of carbonyl (C=O) groups is 1. The molecule has 1 N–H and O–H groups in total. The Labute approximate surface area is 151 Å². The van der Waals surface area contributed by atoms with Crippen LogP contribution in [0.15, 0.2) is 60.9 Å². The van der Waals surface area contributed by atoms with E-state index in [-0.39, 0.29) is 5.91 Å². The molecule has 0 saturated carbocycles. The van der Waals surface area contributed by atoms with Crippen LogP contribution in [-0.4, -0.2) is 22.3 Å². The van der Waals surface area contributed by atoms with Crippen LogP contribution < -0.4 is 10.1 Å². The lowest BCUT2D eigenvalue weighted by Gasteiger charge is -2.08. The molecule has 0 unspecified atom stereocenters. The number of hydrogen-bond acceptors (Lipinski definition) is 3. The van der Waals surface area contributed by atoms with E-state index in [4.69, 9.17) is 16.3 Å². The molecule has 2 aromatic carbocycles. The highest BCUT2D eigenvalue weighted by Gasteiger charge is 2.07. The van der Waals surface area contributed by atoms with Gasteiger partial charge in [-0.2, -0.15) is 5.10 Å². The van der Waals surface area contributed by atoms with Crippen LogP contribution in [0.25, 0.3) is 0 Å². The Kier molecular flexibility index (Phi) is 5.36. The monoisotopic (exact) mass is 355 g/mol. The summed E-state index contributed by atoms with van der Waals surface area (Å²) in [4.78, 5) is 12.3. The summed E-state index contributed by atoms with van der Waals surface area (Å²) in [6, 6.07) is 14.7. The van der Waals surface area contributed by atoms with E-state index in [2.05, 4.69) is 10.4 Å². The number of nitrogens with zero attached hydrogens (tertiary/aromatic N) is 2. The Morgan fingerprint density at radius 3 is 2.48 bits per heavy atom. The van der Waals surface area contributed by atoms with Gasteiger partial charge in [0.25, 0.3) is 5.91 Å². The number of rotatable bonds is 6. The summed E-state index contributed by atoms with van der Waals surface area (Å²) in [6.45, 7) is 3.15. The predicted octanol–water partition coefficient (Wildman–Crippen LogP) is 4.24. The van der Waals surface area contributed by atoms with Gasteiger partial charge in [0.1, 0.15) is 5.75 Å². The minimum atomic E-state index is -0.155. The standard InChI is InChI=1S/C19H18ClN3O2/c1-2-25-18-9-7-17(8-10-18)22-19(24)15-5-3-14(4-6-15)12-23-13-16(20)11-21-23/h3-11,13H,2,12H2,1H3,(H,22,24). The second kappa shape index (κ2) is 7.85. The van der Waals surface area contributed by atoms with Crippen molar-refractivity contribution in [1.82, 2.24) is 9.78 Å². The third-order valence-electron chi connectivity index (χ3n) is 3.59. The zero-order valence-corrected chi connectivity index (χ0v) is 14.5. The molecule has 0 saturated heterocycles. The Hall–Kier alpha value is -2.79. The first kappa shape index (κ1) is 17.0. The van der Waals surface area contributed by atoms with Gasteiger partial charge in [-0.05, 0) is 48.9 Å². The minimum absolute atomic E-state index is 0.155. The first-order chi connectivity index (χ1) is 12.1. The molecular weight excluding hydrogens is 338 g/mol. The highest BCUT2D eigenvalue weighted by Crippen LogP contribution is 2.17. The highest BCUT2D eigenvalue weighted by molar-refractivity contribution is 6.30. The van der Waals surface area contributed by atoms with Crippen LogP contribution in [-0.2, 0) is 6.54 Å². The molecular formula is C19H18ClN3O2. The zero-order chi connectivity index (χ0) is 17.6. The van der Waals surface area contributed by atoms with Crippen LogP contribution in [0.5, 0.6) is 5.75 Å². The first-order valence-corrected chi connectivity index (χ1v) is 8.33. The van der Waals surface area contributed by atoms with Gasteiger partial charge < -0.3 is 10.1 Å². The first-order valence-electron chi connectivity index (χ1n) is 7.95. The summed E-state index contributed by atoms with van der Waals surface area (Å²) in [5, 5.41) is 7.61. The van der Waals surface area contributed by atoms with Crippen molar-refractivity contribution in [1.29, 1.82) is 0 Å². The van der Waals surface area contributed by atoms with Crippen molar-refractivity contribution in [3.8, 4) is 5.75 Å². The number of anilines is 1. The van der Waals surface area contributed by atoms with Crippen LogP contribution in [0.1, 0.15) is 22.8 Å². The molecule has 128 valence electrons. The van der Waals surface area contributed by atoms with Gasteiger partial charge in [-0.1, -0.05) is 23.7 Å². The molecule has 0 spiro atoms. The fourth-order valence-corrected chi connectivity index (χ4v) is 2.53. The van der Waals surface area contributed by atoms with Crippen molar-refractivity contribution in [2.75, 3.05) is 11.9 Å². The molecule has 25 heavy (non-hydrogen) atoms. The van der Waals surface area contributed by atoms with E-state index in [0.717, 1.165) is 17.0 Å². The number of hydrogen-bond donors (Lipinski definition) is 1. The lowest BCUT2D eigenvalue weighted by molar-refractivity contribution is 0.102. The maximum Gasteiger partial charge on any atom is 0.255 e. The summed E-state index contributed by atoms with van der Waals surface area (Å²) in [5.41, 5.74) is 2.36. The normalized spacial score (nSPS) is 10.5. The van der Waals surface area contributed by atoms with Crippen molar-refractivity contribution in [3.05, 3.63) is 77.1 Å². The lowest BCUT2D eigenvalue weighted by atomic mass is 10.1. The van der Waals surface area contributed by atoms with Crippen LogP contribution in [0.3, 0.4) is 0 Å². The molecule has 0 radical (unpaired) electrons. The van der Waals surface area contributed by atoms with E-state index in [1.54, 1.807) is 29.2 Å². The van der Waals surface area contributed by atoms with E-state index in [1.165, 1.54) is 0 Å². The second-order valence-corrected chi connectivity index (χ2v) is 5.90. The number of ether oxygens (including phenoxy) is 1. The van der Waals surface area contributed by atoms with Crippen LogP contribution >= 0.6 is 11.6 Å². The van der Waals surface area contributed by atoms with Gasteiger partial charge >= 0.3 is 0 Å². The molecule has 6 heteroatoms. The van der Waals surface area contributed by atoms with Gasteiger partial charge in [0, 0.05) is 17.4 Å². The molecule has 0 atom stereocenters. The SMILES string of the molecule is CCOc1ccc(NC(=O)c2ccc(Cn3cc(Cl)cn3)cc2)cc1. The molecule has 5 nitrogen and oxygen atoms in total. The van der Waals surface area contributed by atoms with Gasteiger partial charge in [0.15, 0.2) is 0 Å². The van der Waals surface area contributed by atoms with Crippen molar-refractivity contribution < 1.29 is 9.53 Å². The summed E-state index contributed by atoms with van der Waals surface area (Å²) in [7, 11) is 0. The van der Waals surface area contributed by atoms with E-state index >= 15 is 0 Å². The van der Waals surface area contributed by atoms with Gasteiger partial charge in [-0.15, -0.1) is 0 Å². The van der Waals surface area contributed by atoms with E-state index in [0.29, 0.717) is 23.7 Å². The highest BCUT2D eigenvalue weighted by atomic mass is 35.5. The number of aromatic nitrogens is 2. The number of amides is 1. The largest absolute Gasteiger partial charge is 0.494 e. The Balaban J connectivity index is 1.62. The maximum absolute atomic E-state index is 12.3. The van der Waals surface area contributed by atoms with E-state index in [1.807, 2.05) is 43.3 Å². The number of nitrogens with one attached hydrogen (secondary N) is 1. The molecule has 1 amide bonds. The van der Waals surface area contributed by atoms with E-state index in [9.17, 15) is 4.79 Å². The summed E-state index contributed by atoms with van der Waals surface area (Å²) in [5.74, 6) is 0.626. The number of benzene rings is 2. The van der Waals surface area contributed by atoms with Crippen molar-refractivity contribution >= 4 is 23.2 Å². The maximum atomic E-state index is 12.3. The fraction of sp³-hybridized carbons (Fsp3) is 0.158. The van der Waals surface area contributed by atoms with Crippen molar-refractivity contribution in [2.24, 2.45) is 0 Å². The van der Waals surface area contributed by atoms with Gasteiger partial charge in [0.05, 0.1) is 24.4 Å².